The van der Waals surface area contributed by atoms with Gasteiger partial charge >= 0.3 is 0 Å². The van der Waals surface area contributed by atoms with Crippen molar-refractivity contribution in [2.24, 2.45) is 0 Å². The number of imidazole rings is 1. The number of fused-ring (bicyclic) bond motifs is 2. The number of nitrogens with two attached hydrogens (primary N) is 1. The van der Waals surface area contributed by atoms with Crippen LogP contribution in [-0.2, 0) is 6.42 Å². The second-order valence-electron chi connectivity index (χ2n) is 8.12. The van der Waals surface area contributed by atoms with Crippen molar-refractivity contribution in [3.63, 3.8) is 0 Å². The smallest absolute Gasteiger partial charge is 0.260 e. The molecule has 182 valence electrons. The Balaban J connectivity index is 0.000000257. The average Bonchev–Trinajstić information content (AvgIpc) is 3.36. The summed E-state index contributed by atoms with van der Waals surface area (Å²) in [5, 5.41) is 11.6. The lowest BCUT2D eigenvalue weighted by molar-refractivity contribution is -0.0571. The van der Waals surface area contributed by atoms with E-state index < -0.39 is 18.8 Å². The first-order valence-electron chi connectivity index (χ1n) is 10.7. The highest BCUT2D eigenvalue weighted by Gasteiger charge is 2.33. The summed E-state index contributed by atoms with van der Waals surface area (Å²) in [6.45, 7) is 0.753. The number of aromatic nitrogens is 6. The number of rotatable bonds is 4. The zero-order chi connectivity index (χ0) is 24.5. The number of halogens is 4. The van der Waals surface area contributed by atoms with E-state index in [1.165, 1.54) is 10.7 Å². The van der Waals surface area contributed by atoms with E-state index in [2.05, 4.69) is 25.5 Å². The normalized spacial score (nSPS) is 16.1. The molecule has 0 radical (unpaired) electrons. The monoisotopic (exact) mass is 479 g/mol. The summed E-state index contributed by atoms with van der Waals surface area (Å²) in [5.74, 6) is -1.74. The Labute approximate surface area is 192 Å². The molecule has 4 aromatic heterocycles. The molecule has 13 heteroatoms. The van der Waals surface area contributed by atoms with Crippen LogP contribution in [0.2, 0.25) is 0 Å². The molecule has 34 heavy (non-hydrogen) atoms. The third-order valence-corrected chi connectivity index (χ3v) is 5.42. The number of anilines is 2. The highest BCUT2D eigenvalue weighted by atomic mass is 19.3. The maximum atomic E-state index is 12.7. The van der Waals surface area contributed by atoms with Gasteiger partial charge in [0.2, 0.25) is 12.4 Å². The van der Waals surface area contributed by atoms with Crippen molar-refractivity contribution >= 4 is 22.9 Å². The van der Waals surface area contributed by atoms with E-state index in [4.69, 9.17) is 5.73 Å². The minimum absolute atomic E-state index is 0.0625. The number of nitrogen functional groups attached to an aromatic ring is 1. The van der Waals surface area contributed by atoms with E-state index in [0.29, 0.717) is 34.8 Å². The predicted molar refractivity (Wildman–Crippen MR) is 120 cm³/mol. The minimum Gasteiger partial charge on any atom is -0.371 e. The fourth-order valence-corrected chi connectivity index (χ4v) is 3.94. The number of nitrogens with zero attached hydrogens (tertiary/aromatic N) is 7. The molecule has 5 heterocycles. The molecule has 4 aromatic rings. The van der Waals surface area contributed by atoms with E-state index in [0.717, 1.165) is 12.1 Å². The first kappa shape index (κ1) is 23.7. The van der Waals surface area contributed by atoms with Gasteiger partial charge in [-0.25, -0.2) is 31.6 Å². The number of alkyl halides is 4. The van der Waals surface area contributed by atoms with E-state index in [9.17, 15) is 17.6 Å². The third-order valence-electron chi connectivity index (χ3n) is 5.42. The molecular weight excluding hydrogens is 454 g/mol. The number of hydrogen-bond donors (Lipinski definition) is 2. The van der Waals surface area contributed by atoms with Gasteiger partial charge in [-0.2, -0.15) is 10.1 Å². The molecule has 0 aliphatic carbocycles. The quantitative estimate of drug-likeness (QED) is 0.434. The number of piperidine rings is 1. The fourth-order valence-electron chi connectivity index (χ4n) is 3.94. The Hall–Kier alpha value is -3.48. The summed E-state index contributed by atoms with van der Waals surface area (Å²) >= 11 is 0. The molecule has 1 fully saturated rings. The maximum Gasteiger partial charge on any atom is 0.260 e. The van der Waals surface area contributed by atoms with Gasteiger partial charge in [0.1, 0.15) is 5.52 Å². The Morgan fingerprint density at radius 3 is 2.65 bits per heavy atom. The van der Waals surface area contributed by atoms with Crippen LogP contribution in [0.5, 0.6) is 0 Å². The maximum absolute atomic E-state index is 12.7. The standard InChI is InChI=1S/C15H14F2N8.C6H11F2N/c1-19-14-13-9(4-5-24(13)23-15(18)21-14)10-2-3-12-20-7-8(6-11(16)17)25(12)22-10;1-9-4-2-3-6(7,8)5-9/h2-5,7,11H,6H2,1H3,(H3,18,19,21,23);2-5H2,1H3. The molecule has 0 spiro atoms. The lowest BCUT2D eigenvalue weighted by Crippen LogP contribution is -2.39. The SMILES string of the molecule is CN1CCCC(F)(F)C1.CNc1nc(N)nn2ccc(-c3ccc4ncc(CC(F)F)n4n3)c12. The molecular formula is C21H25F4N9. The summed E-state index contributed by atoms with van der Waals surface area (Å²) in [6.07, 6.45) is 0.978. The lowest BCUT2D eigenvalue weighted by Gasteiger charge is -2.28. The molecule has 0 saturated carbocycles. The first-order valence-corrected chi connectivity index (χ1v) is 10.7. The third kappa shape index (κ3) is 5.03. The van der Waals surface area contributed by atoms with Gasteiger partial charge in [0.05, 0.1) is 30.6 Å². The van der Waals surface area contributed by atoms with E-state index in [1.54, 1.807) is 41.8 Å². The van der Waals surface area contributed by atoms with Gasteiger partial charge in [-0.1, -0.05) is 0 Å². The van der Waals surface area contributed by atoms with E-state index in [-0.39, 0.29) is 18.9 Å². The van der Waals surface area contributed by atoms with Crippen LogP contribution in [0.25, 0.3) is 22.4 Å². The summed E-state index contributed by atoms with van der Waals surface area (Å²) in [5.41, 5.74) is 8.59. The number of hydrogen-bond acceptors (Lipinski definition) is 7. The van der Waals surface area contributed by atoms with Crippen LogP contribution >= 0.6 is 0 Å². The van der Waals surface area contributed by atoms with Gasteiger partial charge in [0, 0.05) is 25.2 Å². The molecule has 5 rings (SSSR count). The zero-order valence-corrected chi connectivity index (χ0v) is 18.7. The molecule has 3 N–H and O–H groups in total. The summed E-state index contributed by atoms with van der Waals surface area (Å²) < 4.78 is 53.3. The van der Waals surface area contributed by atoms with Crippen LogP contribution in [0.1, 0.15) is 18.5 Å². The first-order chi connectivity index (χ1) is 16.2. The second kappa shape index (κ2) is 9.41. The highest BCUT2D eigenvalue weighted by Crippen LogP contribution is 2.29. The molecule has 1 saturated heterocycles. The molecule has 0 atom stereocenters. The lowest BCUT2D eigenvalue weighted by atomic mass is 10.1. The van der Waals surface area contributed by atoms with Crippen molar-refractivity contribution in [2.45, 2.75) is 31.6 Å². The van der Waals surface area contributed by atoms with Crippen molar-refractivity contribution in [1.82, 2.24) is 34.1 Å². The van der Waals surface area contributed by atoms with Crippen LogP contribution in [0.4, 0.5) is 29.3 Å². The van der Waals surface area contributed by atoms with Crippen LogP contribution in [0, 0.1) is 0 Å². The number of likely N-dealkylation sites (tertiary alicyclic amines) is 1. The van der Waals surface area contributed by atoms with Crippen molar-refractivity contribution in [1.29, 1.82) is 0 Å². The van der Waals surface area contributed by atoms with Gasteiger partial charge in [0.25, 0.3) is 5.92 Å². The molecule has 1 aliphatic heterocycles. The van der Waals surface area contributed by atoms with Crippen LogP contribution in [0.15, 0.2) is 30.6 Å². The second-order valence-corrected chi connectivity index (χ2v) is 8.12. The van der Waals surface area contributed by atoms with Crippen molar-refractivity contribution < 1.29 is 17.6 Å². The summed E-state index contributed by atoms with van der Waals surface area (Å²) in [4.78, 5) is 9.96. The average molecular weight is 479 g/mol. The Morgan fingerprint density at radius 1 is 1.21 bits per heavy atom. The Morgan fingerprint density at radius 2 is 2.00 bits per heavy atom. The molecule has 0 aromatic carbocycles. The Bertz CT molecular complexity index is 1280. The largest absolute Gasteiger partial charge is 0.371 e. The van der Waals surface area contributed by atoms with E-state index in [1.807, 2.05) is 6.07 Å². The van der Waals surface area contributed by atoms with E-state index >= 15 is 0 Å². The van der Waals surface area contributed by atoms with Crippen LogP contribution in [-0.4, -0.2) is 73.6 Å². The molecule has 0 unspecified atom stereocenters. The van der Waals surface area contributed by atoms with Gasteiger partial charge in [-0.3, -0.25) is 0 Å². The zero-order valence-electron chi connectivity index (χ0n) is 18.7. The molecule has 0 bridgehead atoms. The van der Waals surface area contributed by atoms with Crippen molar-refractivity contribution in [3.8, 4) is 11.3 Å². The summed E-state index contributed by atoms with van der Waals surface area (Å²) in [7, 11) is 3.46. The summed E-state index contributed by atoms with van der Waals surface area (Å²) in [6, 6.07) is 5.33. The minimum atomic E-state index is -2.46. The Kier molecular flexibility index (Phi) is 6.55. The van der Waals surface area contributed by atoms with Gasteiger partial charge in [0.15, 0.2) is 11.5 Å². The van der Waals surface area contributed by atoms with Gasteiger partial charge in [-0.15, -0.1) is 5.10 Å². The van der Waals surface area contributed by atoms with Crippen LogP contribution in [0.3, 0.4) is 0 Å². The van der Waals surface area contributed by atoms with Crippen molar-refractivity contribution in [2.75, 3.05) is 38.2 Å². The predicted octanol–water partition coefficient (Wildman–Crippen LogP) is 3.22. The fraction of sp³-hybridized carbons (Fsp3) is 0.429. The van der Waals surface area contributed by atoms with Gasteiger partial charge < -0.3 is 16.0 Å². The highest BCUT2D eigenvalue weighted by molar-refractivity contribution is 5.87. The van der Waals surface area contributed by atoms with Crippen LogP contribution < -0.4 is 11.1 Å². The van der Waals surface area contributed by atoms with Crippen molar-refractivity contribution in [3.05, 3.63) is 36.3 Å². The molecule has 9 nitrogen and oxygen atoms in total. The van der Waals surface area contributed by atoms with Gasteiger partial charge in [-0.05, 0) is 38.2 Å². The molecule has 0 amide bonds. The molecule has 1 aliphatic rings. The number of nitrogens with one attached hydrogen (secondary N) is 1. The topological polar surface area (TPSA) is 102 Å².